The first-order chi connectivity index (χ1) is 12.1. The first-order valence-corrected chi connectivity index (χ1v) is 8.83. The van der Waals surface area contributed by atoms with Crippen LogP contribution in [0, 0.1) is 6.92 Å². The number of pyridine rings is 1. The van der Waals surface area contributed by atoms with Gasteiger partial charge in [0.1, 0.15) is 0 Å². The zero-order valence-corrected chi connectivity index (χ0v) is 16.0. The van der Waals surface area contributed by atoms with Gasteiger partial charge in [0, 0.05) is 23.1 Å². The van der Waals surface area contributed by atoms with Crippen molar-refractivity contribution in [1.29, 1.82) is 0 Å². The Kier molecular flexibility index (Phi) is 4.35. The molecule has 0 amide bonds. The van der Waals surface area contributed by atoms with Crippen LogP contribution >= 0.6 is 0 Å². The number of fused-ring (bicyclic) bond motifs is 1. The van der Waals surface area contributed by atoms with E-state index in [9.17, 15) is 4.79 Å². The molecule has 0 bridgehead atoms. The van der Waals surface area contributed by atoms with Crippen LogP contribution < -0.4 is 0 Å². The molecule has 1 aliphatic rings. The van der Waals surface area contributed by atoms with Gasteiger partial charge in [0.2, 0.25) is 0 Å². The second-order valence-corrected chi connectivity index (χ2v) is 8.13. The van der Waals surface area contributed by atoms with Gasteiger partial charge in [0.15, 0.2) is 0 Å². The molecular formula is C23H25NO2. The molecule has 1 N–H and O–H groups in total. The molecular weight excluding hydrogens is 322 g/mol. The summed E-state index contributed by atoms with van der Waals surface area (Å²) in [5.41, 5.74) is 6.76. The van der Waals surface area contributed by atoms with Gasteiger partial charge in [0.05, 0.1) is 5.69 Å². The zero-order valence-electron chi connectivity index (χ0n) is 16.0. The van der Waals surface area contributed by atoms with Crippen molar-refractivity contribution in [3.63, 3.8) is 0 Å². The molecule has 0 spiro atoms. The fourth-order valence-corrected chi connectivity index (χ4v) is 3.55. The highest BCUT2D eigenvalue weighted by Crippen LogP contribution is 2.43. The number of allylic oxidation sites excluding steroid dienone is 2. The number of benzene rings is 1. The van der Waals surface area contributed by atoms with E-state index in [0.29, 0.717) is 5.69 Å². The van der Waals surface area contributed by atoms with E-state index in [1.807, 2.05) is 12.1 Å². The normalized spacial score (nSPS) is 17.3. The molecule has 0 unspecified atom stereocenters. The number of nitrogens with zero attached hydrogens (tertiary/aromatic N) is 1. The van der Waals surface area contributed by atoms with E-state index in [-0.39, 0.29) is 10.8 Å². The summed E-state index contributed by atoms with van der Waals surface area (Å²) in [7, 11) is 0. The monoisotopic (exact) mass is 347 g/mol. The van der Waals surface area contributed by atoms with E-state index < -0.39 is 5.97 Å². The Bertz CT molecular complexity index is 933. The molecule has 26 heavy (non-hydrogen) atoms. The van der Waals surface area contributed by atoms with E-state index in [0.717, 1.165) is 17.2 Å². The molecule has 3 rings (SSSR count). The highest BCUT2D eigenvalue weighted by atomic mass is 16.4. The van der Waals surface area contributed by atoms with Crippen LogP contribution in [0.15, 0.2) is 48.7 Å². The summed E-state index contributed by atoms with van der Waals surface area (Å²) < 4.78 is 0. The standard InChI is InChI=1S/C23H25NO2/c1-15-12-19-20(23(4,5)10-9-22(19,2)3)14-18(15)16-8-11-24-17(13-16)6-7-21(25)26/h6-14H,1-5H3,(H,25,26)/b7-6+. The number of aliphatic carboxylic acids is 1. The number of carbonyl (C=O) groups is 1. The van der Waals surface area contributed by atoms with Crippen LogP contribution in [-0.4, -0.2) is 16.1 Å². The minimum absolute atomic E-state index is 0.0156. The van der Waals surface area contributed by atoms with Crippen LogP contribution in [0.5, 0.6) is 0 Å². The number of aromatic nitrogens is 1. The third-order valence-corrected chi connectivity index (χ3v) is 5.16. The summed E-state index contributed by atoms with van der Waals surface area (Å²) in [5, 5.41) is 8.82. The van der Waals surface area contributed by atoms with Crippen LogP contribution in [-0.2, 0) is 15.6 Å². The fraction of sp³-hybridized carbons (Fsp3) is 0.304. The maximum Gasteiger partial charge on any atom is 0.328 e. The lowest BCUT2D eigenvalue weighted by molar-refractivity contribution is -0.131. The van der Waals surface area contributed by atoms with E-state index >= 15 is 0 Å². The van der Waals surface area contributed by atoms with Gasteiger partial charge in [-0.3, -0.25) is 4.98 Å². The van der Waals surface area contributed by atoms with Crippen molar-refractivity contribution in [2.24, 2.45) is 0 Å². The largest absolute Gasteiger partial charge is 0.478 e. The number of carboxylic acid groups (broad SMARTS) is 1. The molecule has 0 saturated heterocycles. The predicted octanol–water partition coefficient (Wildman–Crippen LogP) is 5.28. The van der Waals surface area contributed by atoms with Crippen LogP contribution in [0.2, 0.25) is 0 Å². The Balaban J connectivity index is 2.14. The predicted molar refractivity (Wildman–Crippen MR) is 106 cm³/mol. The van der Waals surface area contributed by atoms with Crippen molar-refractivity contribution >= 4 is 12.0 Å². The minimum Gasteiger partial charge on any atom is -0.478 e. The summed E-state index contributed by atoms with van der Waals surface area (Å²) in [6, 6.07) is 8.49. The third kappa shape index (κ3) is 3.34. The number of hydrogen-bond acceptors (Lipinski definition) is 2. The summed E-state index contributed by atoms with van der Waals surface area (Å²) in [6.07, 6.45) is 8.96. The number of rotatable bonds is 3. The van der Waals surface area contributed by atoms with Crippen LogP contribution in [0.25, 0.3) is 17.2 Å². The molecule has 0 aliphatic heterocycles. The Morgan fingerprint density at radius 2 is 1.65 bits per heavy atom. The summed E-state index contributed by atoms with van der Waals surface area (Å²) in [5.74, 6) is -0.974. The molecule has 3 heteroatoms. The van der Waals surface area contributed by atoms with Gasteiger partial charge < -0.3 is 5.11 Å². The lowest BCUT2D eigenvalue weighted by Gasteiger charge is -2.37. The lowest BCUT2D eigenvalue weighted by Crippen LogP contribution is -2.29. The van der Waals surface area contributed by atoms with Crippen molar-refractivity contribution in [3.05, 3.63) is 71.1 Å². The van der Waals surface area contributed by atoms with Crippen molar-refractivity contribution in [2.75, 3.05) is 0 Å². The molecule has 0 atom stereocenters. The van der Waals surface area contributed by atoms with Crippen molar-refractivity contribution in [3.8, 4) is 11.1 Å². The Morgan fingerprint density at radius 3 is 2.27 bits per heavy atom. The van der Waals surface area contributed by atoms with Gasteiger partial charge >= 0.3 is 5.97 Å². The molecule has 2 aromatic rings. The third-order valence-electron chi connectivity index (χ3n) is 5.16. The van der Waals surface area contributed by atoms with Crippen molar-refractivity contribution < 1.29 is 9.90 Å². The van der Waals surface area contributed by atoms with Gasteiger partial charge in [-0.05, 0) is 59.0 Å². The average molecular weight is 347 g/mol. The zero-order chi connectivity index (χ0) is 19.1. The van der Waals surface area contributed by atoms with Gasteiger partial charge in [-0.1, -0.05) is 45.9 Å². The summed E-state index contributed by atoms with van der Waals surface area (Å²) in [4.78, 5) is 15.0. The van der Waals surface area contributed by atoms with Gasteiger partial charge in [0.25, 0.3) is 0 Å². The molecule has 1 aromatic heterocycles. The number of hydrogen-bond donors (Lipinski definition) is 1. The smallest absolute Gasteiger partial charge is 0.328 e. The molecule has 0 saturated carbocycles. The minimum atomic E-state index is -0.974. The second-order valence-electron chi connectivity index (χ2n) is 8.13. The van der Waals surface area contributed by atoms with Crippen molar-refractivity contribution in [1.82, 2.24) is 4.98 Å². The number of carboxylic acids is 1. The van der Waals surface area contributed by atoms with E-state index in [2.05, 4.69) is 63.9 Å². The molecule has 0 radical (unpaired) electrons. The Morgan fingerprint density at radius 1 is 1.04 bits per heavy atom. The van der Waals surface area contributed by atoms with E-state index in [4.69, 9.17) is 5.11 Å². The summed E-state index contributed by atoms with van der Waals surface area (Å²) >= 11 is 0. The molecule has 3 nitrogen and oxygen atoms in total. The quantitative estimate of drug-likeness (QED) is 0.607. The highest BCUT2D eigenvalue weighted by molar-refractivity contribution is 5.85. The van der Waals surface area contributed by atoms with Gasteiger partial charge in [-0.15, -0.1) is 0 Å². The first-order valence-electron chi connectivity index (χ1n) is 8.83. The second kappa shape index (κ2) is 6.24. The highest BCUT2D eigenvalue weighted by Gasteiger charge is 2.33. The van der Waals surface area contributed by atoms with Gasteiger partial charge in [-0.2, -0.15) is 0 Å². The molecule has 0 fully saturated rings. The molecule has 1 aliphatic carbocycles. The average Bonchev–Trinajstić information content (AvgIpc) is 2.57. The first kappa shape index (κ1) is 18.1. The Hall–Kier alpha value is -2.68. The maximum atomic E-state index is 10.8. The number of aryl methyl sites for hydroxylation is 1. The molecule has 1 aromatic carbocycles. The van der Waals surface area contributed by atoms with Gasteiger partial charge in [-0.25, -0.2) is 4.79 Å². The summed E-state index contributed by atoms with van der Waals surface area (Å²) in [6.45, 7) is 11.1. The van der Waals surface area contributed by atoms with Crippen LogP contribution in [0.4, 0.5) is 0 Å². The topological polar surface area (TPSA) is 50.2 Å². The van der Waals surface area contributed by atoms with E-state index in [1.165, 1.54) is 22.8 Å². The SMILES string of the molecule is Cc1cc2c(cc1-c1ccnc(/C=C/C(=O)O)c1)C(C)(C)C=CC2(C)C. The molecule has 1 heterocycles. The van der Waals surface area contributed by atoms with Crippen molar-refractivity contribution in [2.45, 2.75) is 45.4 Å². The van der Waals surface area contributed by atoms with Crippen LogP contribution in [0.3, 0.4) is 0 Å². The fourth-order valence-electron chi connectivity index (χ4n) is 3.55. The lowest BCUT2D eigenvalue weighted by atomic mass is 9.67. The van der Waals surface area contributed by atoms with E-state index in [1.54, 1.807) is 6.20 Å². The maximum absolute atomic E-state index is 10.8. The van der Waals surface area contributed by atoms with Crippen LogP contribution in [0.1, 0.15) is 50.1 Å². The molecule has 134 valence electrons. The Labute approximate surface area is 155 Å².